The highest BCUT2D eigenvalue weighted by Gasteiger charge is 2.28. The van der Waals surface area contributed by atoms with E-state index in [-0.39, 0.29) is 6.04 Å². The molecule has 4 nitrogen and oxygen atoms in total. The Balaban J connectivity index is 2.22. The summed E-state index contributed by atoms with van der Waals surface area (Å²) in [6.07, 6.45) is 3.37. The molecule has 0 saturated carbocycles. The Bertz CT molecular complexity index is 587. The van der Waals surface area contributed by atoms with Crippen molar-refractivity contribution in [1.29, 1.82) is 0 Å². The van der Waals surface area contributed by atoms with Gasteiger partial charge in [-0.3, -0.25) is 0 Å². The summed E-state index contributed by atoms with van der Waals surface area (Å²) in [5.74, 6) is 0. The van der Waals surface area contributed by atoms with Crippen LogP contribution in [0.15, 0.2) is 32.0 Å². The lowest BCUT2D eigenvalue weighted by Crippen LogP contribution is -2.45. The minimum atomic E-state index is -3.47. The summed E-state index contributed by atoms with van der Waals surface area (Å²) in [4.78, 5) is 0.323. The van der Waals surface area contributed by atoms with Crippen LogP contribution in [0.3, 0.4) is 0 Å². The molecule has 0 amide bonds. The summed E-state index contributed by atoms with van der Waals surface area (Å²) in [6, 6.07) is 5.41. The number of rotatable bonds is 5. The number of nitrogens with one attached hydrogen (secondary N) is 1. The van der Waals surface area contributed by atoms with Crippen molar-refractivity contribution in [3.05, 3.63) is 27.1 Å². The van der Waals surface area contributed by atoms with Crippen molar-refractivity contribution in [3.63, 3.8) is 0 Å². The van der Waals surface area contributed by atoms with Gasteiger partial charge in [-0.2, -0.15) is 4.31 Å². The lowest BCUT2D eigenvalue weighted by atomic mass is 10.1. The van der Waals surface area contributed by atoms with Crippen LogP contribution in [0.4, 0.5) is 0 Å². The van der Waals surface area contributed by atoms with Crippen molar-refractivity contribution in [2.24, 2.45) is 0 Å². The van der Waals surface area contributed by atoms with Crippen molar-refractivity contribution >= 4 is 41.9 Å². The predicted octanol–water partition coefficient (Wildman–Crippen LogP) is 3.36. The summed E-state index contributed by atoms with van der Waals surface area (Å²) in [5.41, 5.74) is 0. The van der Waals surface area contributed by atoms with Gasteiger partial charge in [0.1, 0.15) is 0 Å². The van der Waals surface area contributed by atoms with Crippen LogP contribution in [0.2, 0.25) is 0 Å². The summed E-state index contributed by atoms with van der Waals surface area (Å²) >= 11 is 6.70. The van der Waals surface area contributed by atoms with Gasteiger partial charge < -0.3 is 5.32 Å². The van der Waals surface area contributed by atoms with E-state index in [1.807, 2.05) is 6.92 Å². The molecule has 1 saturated heterocycles. The van der Waals surface area contributed by atoms with Gasteiger partial charge in [0, 0.05) is 28.1 Å². The van der Waals surface area contributed by atoms with Crippen LogP contribution in [-0.2, 0) is 10.0 Å². The molecular formula is C14H20Br2N2O2S. The second-order valence-corrected chi connectivity index (χ2v) is 8.85. The van der Waals surface area contributed by atoms with E-state index in [0.717, 1.165) is 23.9 Å². The first-order valence-corrected chi connectivity index (χ1v) is 10.2. The molecule has 1 N–H and O–H groups in total. The topological polar surface area (TPSA) is 49.4 Å². The van der Waals surface area contributed by atoms with Gasteiger partial charge >= 0.3 is 0 Å². The number of nitrogens with zero attached hydrogens (tertiary/aromatic N) is 1. The van der Waals surface area contributed by atoms with Crippen molar-refractivity contribution < 1.29 is 8.42 Å². The second kappa shape index (κ2) is 7.55. The van der Waals surface area contributed by atoms with Crippen LogP contribution < -0.4 is 5.32 Å². The first kappa shape index (κ1) is 17.4. The number of piperidine rings is 1. The third-order valence-corrected chi connectivity index (χ3v) is 7.11. The summed E-state index contributed by atoms with van der Waals surface area (Å²) in [6.45, 7) is 3.86. The van der Waals surface area contributed by atoms with Crippen molar-refractivity contribution in [3.8, 4) is 0 Å². The molecule has 1 unspecified atom stereocenters. The average molecular weight is 440 g/mol. The zero-order valence-corrected chi connectivity index (χ0v) is 16.0. The molecule has 1 fully saturated rings. The zero-order valence-electron chi connectivity index (χ0n) is 12.0. The molecule has 1 aliphatic rings. The highest BCUT2D eigenvalue weighted by atomic mass is 79.9. The smallest absolute Gasteiger partial charge is 0.244 e. The number of benzene rings is 1. The number of halogens is 2. The Morgan fingerprint density at radius 2 is 2.10 bits per heavy atom. The summed E-state index contributed by atoms with van der Waals surface area (Å²) < 4.78 is 28.6. The van der Waals surface area contributed by atoms with Crippen LogP contribution in [0.1, 0.15) is 26.2 Å². The van der Waals surface area contributed by atoms with Gasteiger partial charge in [-0.1, -0.05) is 29.3 Å². The molecule has 1 aliphatic heterocycles. The van der Waals surface area contributed by atoms with E-state index in [2.05, 4.69) is 37.2 Å². The number of sulfonamides is 1. The van der Waals surface area contributed by atoms with Crippen LogP contribution in [0, 0.1) is 0 Å². The van der Waals surface area contributed by atoms with E-state index < -0.39 is 10.0 Å². The molecule has 0 aliphatic carbocycles. The fourth-order valence-corrected chi connectivity index (χ4v) is 5.75. The minimum absolute atomic E-state index is 0.252. The molecular weight excluding hydrogens is 420 g/mol. The maximum Gasteiger partial charge on any atom is 0.244 e. The van der Waals surface area contributed by atoms with Gasteiger partial charge in [-0.25, -0.2) is 8.42 Å². The SMILES string of the molecule is CCN(CC1CCCCN1)S(=O)(=O)c1ccc(Br)cc1Br. The first-order chi connectivity index (χ1) is 9.95. The van der Waals surface area contributed by atoms with Gasteiger partial charge in [-0.05, 0) is 53.5 Å². The lowest BCUT2D eigenvalue weighted by molar-refractivity contribution is 0.319. The predicted molar refractivity (Wildman–Crippen MR) is 91.9 cm³/mol. The first-order valence-electron chi connectivity index (χ1n) is 7.13. The quantitative estimate of drug-likeness (QED) is 0.765. The molecule has 21 heavy (non-hydrogen) atoms. The Hall–Kier alpha value is 0.0500. The number of likely N-dealkylation sites (N-methyl/N-ethyl adjacent to an activating group) is 1. The van der Waals surface area contributed by atoms with Crippen molar-refractivity contribution in [2.45, 2.75) is 37.1 Å². The fourth-order valence-electron chi connectivity index (χ4n) is 2.55. The Labute approximate surface area is 143 Å². The molecule has 1 aromatic rings. The van der Waals surface area contributed by atoms with Crippen LogP contribution in [-0.4, -0.2) is 38.4 Å². The highest BCUT2D eigenvalue weighted by Crippen LogP contribution is 2.28. The molecule has 0 aromatic heterocycles. The molecule has 118 valence electrons. The van der Waals surface area contributed by atoms with Gasteiger partial charge in [-0.15, -0.1) is 0 Å². The van der Waals surface area contributed by atoms with Gasteiger partial charge in [0.05, 0.1) is 4.90 Å². The van der Waals surface area contributed by atoms with E-state index in [0.29, 0.717) is 22.5 Å². The second-order valence-electron chi connectivity index (χ2n) is 5.18. The van der Waals surface area contributed by atoms with E-state index in [4.69, 9.17) is 0 Å². The van der Waals surface area contributed by atoms with Gasteiger partial charge in [0.15, 0.2) is 0 Å². The molecule has 2 rings (SSSR count). The molecule has 0 spiro atoms. The molecule has 0 bridgehead atoms. The average Bonchev–Trinajstić information content (AvgIpc) is 2.45. The Morgan fingerprint density at radius 1 is 1.33 bits per heavy atom. The van der Waals surface area contributed by atoms with E-state index in [9.17, 15) is 8.42 Å². The maximum atomic E-state index is 12.8. The van der Waals surface area contributed by atoms with Gasteiger partial charge in [0.2, 0.25) is 10.0 Å². The minimum Gasteiger partial charge on any atom is -0.313 e. The maximum absolute atomic E-state index is 12.8. The third-order valence-electron chi connectivity index (χ3n) is 3.70. The largest absolute Gasteiger partial charge is 0.313 e. The highest BCUT2D eigenvalue weighted by molar-refractivity contribution is 9.11. The molecule has 7 heteroatoms. The lowest BCUT2D eigenvalue weighted by Gasteiger charge is -2.29. The third kappa shape index (κ3) is 4.28. The molecule has 1 atom stereocenters. The fraction of sp³-hybridized carbons (Fsp3) is 0.571. The normalized spacial score (nSPS) is 19.9. The van der Waals surface area contributed by atoms with E-state index in [1.54, 1.807) is 22.5 Å². The summed E-state index contributed by atoms with van der Waals surface area (Å²) in [7, 11) is -3.47. The summed E-state index contributed by atoms with van der Waals surface area (Å²) in [5, 5.41) is 3.41. The molecule has 1 aromatic carbocycles. The van der Waals surface area contributed by atoms with Crippen molar-refractivity contribution in [2.75, 3.05) is 19.6 Å². The van der Waals surface area contributed by atoms with Crippen LogP contribution in [0.5, 0.6) is 0 Å². The molecule has 1 heterocycles. The number of hydrogen-bond acceptors (Lipinski definition) is 3. The van der Waals surface area contributed by atoms with Crippen LogP contribution in [0.25, 0.3) is 0 Å². The monoisotopic (exact) mass is 438 g/mol. The van der Waals surface area contributed by atoms with Gasteiger partial charge in [0.25, 0.3) is 0 Å². The standard InChI is InChI=1S/C14H20Br2N2O2S/c1-2-18(10-12-5-3-4-8-17-12)21(19,20)14-7-6-11(15)9-13(14)16/h6-7,9,12,17H,2-5,8,10H2,1H3. The van der Waals surface area contributed by atoms with E-state index >= 15 is 0 Å². The van der Waals surface area contributed by atoms with Crippen molar-refractivity contribution in [1.82, 2.24) is 9.62 Å². The zero-order chi connectivity index (χ0) is 15.5. The molecule has 0 radical (unpaired) electrons. The number of hydrogen-bond donors (Lipinski definition) is 1. The Morgan fingerprint density at radius 3 is 2.67 bits per heavy atom. The van der Waals surface area contributed by atoms with Crippen LogP contribution >= 0.6 is 31.9 Å². The van der Waals surface area contributed by atoms with E-state index in [1.165, 1.54) is 6.42 Å². The Kier molecular flexibility index (Phi) is 6.25.